The molecule has 0 saturated heterocycles. The second-order valence-electron chi connectivity index (χ2n) is 6.40. The van der Waals surface area contributed by atoms with E-state index in [1.54, 1.807) is 11.8 Å². The summed E-state index contributed by atoms with van der Waals surface area (Å²) in [4.78, 5) is 26.0. The van der Waals surface area contributed by atoms with E-state index >= 15 is 0 Å². The van der Waals surface area contributed by atoms with Crippen LogP contribution in [0.1, 0.15) is 24.5 Å². The van der Waals surface area contributed by atoms with Gasteiger partial charge in [0.2, 0.25) is 0 Å². The molecule has 0 heterocycles. The minimum Gasteiger partial charge on any atom is -0.466 e. The average molecular weight is 369 g/mol. The first-order chi connectivity index (χ1) is 13.1. The summed E-state index contributed by atoms with van der Waals surface area (Å²) in [5.74, 6) is -0.308. The van der Waals surface area contributed by atoms with Crippen LogP contribution in [-0.2, 0) is 27.2 Å². The SMILES string of the molecule is CCOC(=O)CC(Cc1ccccc1)CN(Cc1ccccc1)C(=O)OC. The van der Waals surface area contributed by atoms with Crippen LogP contribution in [-0.4, -0.2) is 37.2 Å². The van der Waals surface area contributed by atoms with E-state index in [0.29, 0.717) is 26.1 Å². The van der Waals surface area contributed by atoms with Crippen molar-refractivity contribution in [2.45, 2.75) is 26.3 Å². The summed E-state index contributed by atoms with van der Waals surface area (Å²) in [6.07, 6.45) is 0.535. The van der Waals surface area contributed by atoms with Crippen molar-refractivity contribution in [2.24, 2.45) is 5.92 Å². The largest absolute Gasteiger partial charge is 0.466 e. The van der Waals surface area contributed by atoms with Crippen LogP contribution in [0, 0.1) is 5.92 Å². The van der Waals surface area contributed by atoms with Gasteiger partial charge in [0.15, 0.2) is 0 Å². The van der Waals surface area contributed by atoms with Crippen molar-refractivity contribution in [1.82, 2.24) is 4.90 Å². The van der Waals surface area contributed by atoms with Crippen LogP contribution in [0.3, 0.4) is 0 Å². The molecular formula is C22H27NO4. The van der Waals surface area contributed by atoms with Crippen molar-refractivity contribution in [3.8, 4) is 0 Å². The third-order valence-electron chi connectivity index (χ3n) is 4.26. The normalized spacial score (nSPS) is 11.5. The minimum atomic E-state index is -0.402. The lowest BCUT2D eigenvalue weighted by Gasteiger charge is -2.26. The number of carbonyl (C=O) groups is 2. The Morgan fingerprint density at radius 3 is 2.11 bits per heavy atom. The van der Waals surface area contributed by atoms with Gasteiger partial charge in [0.05, 0.1) is 20.1 Å². The lowest BCUT2D eigenvalue weighted by molar-refractivity contribution is -0.144. The third-order valence-corrected chi connectivity index (χ3v) is 4.26. The number of benzene rings is 2. The van der Waals surface area contributed by atoms with E-state index in [-0.39, 0.29) is 18.3 Å². The fourth-order valence-electron chi connectivity index (χ4n) is 3.05. The van der Waals surface area contributed by atoms with Crippen LogP contribution >= 0.6 is 0 Å². The maximum absolute atomic E-state index is 12.3. The summed E-state index contributed by atoms with van der Waals surface area (Å²) >= 11 is 0. The number of nitrogens with zero attached hydrogens (tertiary/aromatic N) is 1. The number of hydrogen-bond donors (Lipinski definition) is 0. The highest BCUT2D eigenvalue weighted by Gasteiger charge is 2.23. The average Bonchev–Trinajstić information content (AvgIpc) is 2.68. The molecule has 0 radical (unpaired) electrons. The second kappa shape index (κ2) is 11.0. The number of carbonyl (C=O) groups excluding carboxylic acids is 2. The van der Waals surface area contributed by atoms with Crippen LogP contribution in [0.15, 0.2) is 60.7 Å². The molecule has 2 rings (SSSR count). The van der Waals surface area contributed by atoms with Crippen LogP contribution in [0.2, 0.25) is 0 Å². The molecule has 0 aliphatic carbocycles. The monoisotopic (exact) mass is 369 g/mol. The molecule has 0 aliphatic rings. The third kappa shape index (κ3) is 7.13. The van der Waals surface area contributed by atoms with Crippen molar-refractivity contribution < 1.29 is 19.1 Å². The summed E-state index contributed by atoms with van der Waals surface area (Å²) in [6, 6.07) is 19.7. The number of ether oxygens (including phenoxy) is 2. The molecule has 0 spiro atoms. The van der Waals surface area contributed by atoms with Gasteiger partial charge in [-0.3, -0.25) is 4.79 Å². The molecule has 0 aliphatic heterocycles. The maximum atomic E-state index is 12.3. The molecule has 5 heteroatoms. The Labute approximate surface area is 160 Å². The van der Waals surface area contributed by atoms with E-state index in [0.717, 1.165) is 11.1 Å². The Bertz CT molecular complexity index is 703. The Morgan fingerprint density at radius 1 is 0.963 bits per heavy atom. The first-order valence-electron chi connectivity index (χ1n) is 9.18. The summed E-state index contributed by atoms with van der Waals surface area (Å²) in [6.45, 7) is 2.98. The lowest BCUT2D eigenvalue weighted by atomic mass is 9.95. The van der Waals surface area contributed by atoms with Crippen molar-refractivity contribution in [1.29, 1.82) is 0 Å². The van der Waals surface area contributed by atoms with Gasteiger partial charge in [0, 0.05) is 13.1 Å². The van der Waals surface area contributed by atoms with Crippen LogP contribution in [0.4, 0.5) is 4.79 Å². The van der Waals surface area contributed by atoms with Gasteiger partial charge in [-0.05, 0) is 30.4 Å². The summed E-state index contributed by atoms with van der Waals surface area (Å²) < 4.78 is 10.1. The summed E-state index contributed by atoms with van der Waals surface area (Å²) in [7, 11) is 1.37. The van der Waals surface area contributed by atoms with Gasteiger partial charge >= 0.3 is 12.1 Å². The molecule has 144 valence electrons. The number of methoxy groups -OCH3 is 1. The lowest BCUT2D eigenvalue weighted by Crippen LogP contribution is -2.36. The summed E-state index contributed by atoms with van der Waals surface area (Å²) in [5.41, 5.74) is 2.13. The first-order valence-corrected chi connectivity index (χ1v) is 9.18. The molecule has 0 aromatic heterocycles. The van der Waals surface area contributed by atoms with Crippen LogP contribution < -0.4 is 0 Å². The van der Waals surface area contributed by atoms with E-state index in [2.05, 4.69) is 0 Å². The minimum absolute atomic E-state index is 0.0609. The van der Waals surface area contributed by atoms with Gasteiger partial charge in [-0.25, -0.2) is 4.79 Å². The Balaban J connectivity index is 2.14. The maximum Gasteiger partial charge on any atom is 0.409 e. The quantitative estimate of drug-likeness (QED) is 0.625. The van der Waals surface area contributed by atoms with Crippen molar-refractivity contribution in [3.63, 3.8) is 0 Å². The molecule has 0 N–H and O–H groups in total. The number of rotatable bonds is 9. The van der Waals surface area contributed by atoms with Crippen LogP contribution in [0.25, 0.3) is 0 Å². The highest BCUT2D eigenvalue weighted by atomic mass is 16.5. The molecule has 2 aromatic carbocycles. The zero-order valence-corrected chi connectivity index (χ0v) is 16.0. The molecule has 5 nitrogen and oxygen atoms in total. The fraction of sp³-hybridized carbons (Fsp3) is 0.364. The van der Waals surface area contributed by atoms with Crippen molar-refractivity contribution >= 4 is 12.1 Å². The predicted molar refractivity (Wildman–Crippen MR) is 104 cm³/mol. The van der Waals surface area contributed by atoms with Gasteiger partial charge < -0.3 is 14.4 Å². The standard InChI is InChI=1S/C22H27NO4/c1-3-27-21(24)15-20(14-18-10-6-4-7-11-18)17-23(22(25)26-2)16-19-12-8-5-9-13-19/h4-13,20H,3,14-17H2,1-2H3. The first kappa shape index (κ1) is 20.5. The fourth-order valence-corrected chi connectivity index (χ4v) is 3.05. The van der Waals surface area contributed by atoms with Gasteiger partial charge in [0.25, 0.3) is 0 Å². The van der Waals surface area contributed by atoms with Crippen LogP contribution in [0.5, 0.6) is 0 Å². The van der Waals surface area contributed by atoms with E-state index in [1.165, 1.54) is 7.11 Å². The van der Waals surface area contributed by atoms with Gasteiger partial charge in [-0.1, -0.05) is 60.7 Å². The molecule has 0 fully saturated rings. The Kier molecular flexibility index (Phi) is 8.36. The highest BCUT2D eigenvalue weighted by Crippen LogP contribution is 2.17. The Morgan fingerprint density at radius 2 is 1.56 bits per heavy atom. The second-order valence-corrected chi connectivity index (χ2v) is 6.40. The number of amides is 1. The molecule has 0 saturated carbocycles. The summed E-state index contributed by atoms with van der Waals surface area (Å²) in [5, 5.41) is 0. The Hall–Kier alpha value is -2.82. The van der Waals surface area contributed by atoms with E-state index < -0.39 is 6.09 Å². The zero-order valence-electron chi connectivity index (χ0n) is 16.0. The van der Waals surface area contributed by atoms with E-state index in [1.807, 2.05) is 60.7 Å². The van der Waals surface area contributed by atoms with E-state index in [4.69, 9.17) is 9.47 Å². The molecule has 1 amide bonds. The van der Waals surface area contributed by atoms with E-state index in [9.17, 15) is 9.59 Å². The highest BCUT2D eigenvalue weighted by molar-refractivity contribution is 5.70. The molecule has 1 unspecified atom stereocenters. The molecule has 2 aromatic rings. The zero-order chi connectivity index (χ0) is 19.5. The van der Waals surface area contributed by atoms with Crippen molar-refractivity contribution in [3.05, 3.63) is 71.8 Å². The topological polar surface area (TPSA) is 55.8 Å². The van der Waals surface area contributed by atoms with Gasteiger partial charge in [-0.15, -0.1) is 0 Å². The predicted octanol–water partition coefficient (Wildman–Crippen LogP) is 4.07. The molecular weight excluding hydrogens is 342 g/mol. The van der Waals surface area contributed by atoms with Crippen molar-refractivity contribution in [2.75, 3.05) is 20.3 Å². The smallest absolute Gasteiger partial charge is 0.409 e. The molecule has 27 heavy (non-hydrogen) atoms. The molecule has 1 atom stereocenters. The molecule has 0 bridgehead atoms. The van der Waals surface area contributed by atoms with Gasteiger partial charge in [0.1, 0.15) is 0 Å². The number of hydrogen-bond acceptors (Lipinski definition) is 4. The van der Waals surface area contributed by atoms with Gasteiger partial charge in [-0.2, -0.15) is 0 Å². The number of esters is 1.